The first kappa shape index (κ1) is 8.02. The molecular formula is C9H6ClO. The predicted octanol–water partition coefficient (Wildman–Crippen LogP) is 2.46. The van der Waals surface area contributed by atoms with Gasteiger partial charge in [-0.2, -0.15) is 0 Å². The molecule has 0 N–H and O–H groups in total. The van der Waals surface area contributed by atoms with E-state index in [1.165, 1.54) is 0 Å². The van der Waals surface area contributed by atoms with Gasteiger partial charge in [0.15, 0.2) is 0 Å². The SMILES string of the molecule is C=C([C]=O)c1ccccc1Cl. The molecule has 0 saturated carbocycles. The van der Waals surface area contributed by atoms with Crippen molar-refractivity contribution < 1.29 is 4.79 Å². The van der Waals surface area contributed by atoms with Gasteiger partial charge >= 0.3 is 0 Å². The van der Waals surface area contributed by atoms with Crippen LogP contribution in [-0.2, 0) is 4.79 Å². The molecule has 1 aromatic carbocycles. The molecule has 0 bridgehead atoms. The number of hydrogen-bond donors (Lipinski definition) is 0. The zero-order chi connectivity index (χ0) is 8.27. The highest BCUT2D eigenvalue weighted by Crippen LogP contribution is 2.20. The van der Waals surface area contributed by atoms with E-state index in [0.717, 1.165) is 0 Å². The van der Waals surface area contributed by atoms with Crippen molar-refractivity contribution in [3.63, 3.8) is 0 Å². The Morgan fingerprint density at radius 1 is 1.45 bits per heavy atom. The fourth-order valence-corrected chi connectivity index (χ4v) is 1.01. The van der Waals surface area contributed by atoms with Gasteiger partial charge in [0, 0.05) is 16.2 Å². The summed E-state index contributed by atoms with van der Waals surface area (Å²) in [6.07, 6.45) is 1.69. The van der Waals surface area contributed by atoms with Crippen LogP contribution in [-0.4, -0.2) is 6.29 Å². The molecule has 0 heterocycles. The van der Waals surface area contributed by atoms with E-state index in [-0.39, 0.29) is 5.57 Å². The Morgan fingerprint density at radius 2 is 2.09 bits per heavy atom. The van der Waals surface area contributed by atoms with Gasteiger partial charge in [-0.3, -0.25) is 4.79 Å². The fourth-order valence-electron chi connectivity index (χ4n) is 0.761. The van der Waals surface area contributed by atoms with Crippen LogP contribution in [0, 0.1) is 0 Å². The molecule has 0 aliphatic carbocycles. The molecule has 1 rings (SSSR count). The first-order valence-corrected chi connectivity index (χ1v) is 3.45. The maximum Gasteiger partial charge on any atom is 0.233 e. The molecule has 0 aliphatic heterocycles. The summed E-state index contributed by atoms with van der Waals surface area (Å²) in [7, 11) is 0. The van der Waals surface area contributed by atoms with E-state index in [0.29, 0.717) is 10.6 Å². The molecule has 0 aliphatic rings. The van der Waals surface area contributed by atoms with E-state index in [4.69, 9.17) is 11.6 Å². The van der Waals surface area contributed by atoms with Crippen LogP contribution in [0.25, 0.3) is 5.57 Å². The number of benzene rings is 1. The minimum Gasteiger partial charge on any atom is -0.285 e. The summed E-state index contributed by atoms with van der Waals surface area (Å²) in [6, 6.07) is 7.03. The Morgan fingerprint density at radius 3 is 2.64 bits per heavy atom. The molecule has 0 atom stereocenters. The highest BCUT2D eigenvalue weighted by molar-refractivity contribution is 6.33. The molecular weight excluding hydrogens is 160 g/mol. The molecule has 0 unspecified atom stereocenters. The Bertz CT molecular complexity index is 291. The molecule has 11 heavy (non-hydrogen) atoms. The van der Waals surface area contributed by atoms with E-state index in [1.807, 2.05) is 0 Å². The molecule has 0 fully saturated rings. The molecule has 1 aromatic rings. The van der Waals surface area contributed by atoms with Crippen molar-refractivity contribution in [3.05, 3.63) is 41.4 Å². The number of carbonyl (C=O) groups excluding carboxylic acids is 1. The Kier molecular flexibility index (Phi) is 2.44. The maximum absolute atomic E-state index is 10.2. The molecule has 1 nitrogen and oxygen atoms in total. The smallest absolute Gasteiger partial charge is 0.233 e. The van der Waals surface area contributed by atoms with Crippen molar-refractivity contribution in [1.29, 1.82) is 0 Å². The summed E-state index contributed by atoms with van der Waals surface area (Å²) in [5.74, 6) is 0. The molecule has 55 valence electrons. The van der Waals surface area contributed by atoms with Crippen LogP contribution >= 0.6 is 11.6 Å². The van der Waals surface area contributed by atoms with E-state index in [9.17, 15) is 4.79 Å². The zero-order valence-corrected chi connectivity index (χ0v) is 6.56. The molecule has 0 amide bonds. The molecule has 1 radical (unpaired) electrons. The number of hydrogen-bond acceptors (Lipinski definition) is 1. The average molecular weight is 166 g/mol. The second-order valence-electron chi connectivity index (χ2n) is 2.06. The monoisotopic (exact) mass is 165 g/mol. The first-order chi connectivity index (χ1) is 5.25. The highest BCUT2D eigenvalue weighted by atomic mass is 35.5. The van der Waals surface area contributed by atoms with Gasteiger partial charge in [0.1, 0.15) is 0 Å². The third-order valence-electron chi connectivity index (χ3n) is 1.32. The predicted molar refractivity (Wildman–Crippen MR) is 46.2 cm³/mol. The van der Waals surface area contributed by atoms with Gasteiger partial charge in [-0.25, -0.2) is 0 Å². The van der Waals surface area contributed by atoms with Crippen molar-refractivity contribution in [1.82, 2.24) is 0 Å². The van der Waals surface area contributed by atoms with Crippen LogP contribution in [0.15, 0.2) is 30.8 Å². The number of halogens is 1. The van der Waals surface area contributed by atoms with Crippen LogP contribution in [0.4, 0.5) is 0 Å². The van der Waals surface area contributed by atoms with Crippen LogP contribution in [0.5, 0.6) is 0 Å². The van der Waals surface area contributed by atoms with Crippen molar-refractivity contribution >= 4 is 23.5 Å². The average Bonchev–Trinajstić information content (AvgIpc) is 2.04. The van der Waals surface area contributed by atoms with E-state index in [1.54, 1.807) is 30.6 Å². The summed E-state index contributed by atoms with van der Waals surface area (Å²) in [5.41, 5.74) is 0.930. The summed E-state index contributed by atoms with van der Waals surface area (Å²) in [6.45, 7) is 3.50. The lowest BCUT2D eigenvalue weighted by atomic mass is 10.1. The van der Waals surface area contributed by atoms with Gasteiger partial charge in [0.05, 0.1) is 0 Å². The van der Waals surface area contributed by atoms with Crippen molar-refractivity contribution in [2.45, 2.75) is 0 Å². The largest absolute Gasteiger partial charge is 0.285 e. The van der Waals surface area contributed by atoms with Gasteiger partial charge < -0.3 is 0 Å². The third-order valence-corrected chi connectivity index (χ3v) is 1.65. The molecule has 2 heteroatoms. The highest BCUT2D eigenvalue weighted by Gasteiger charge is 2.01. The lowest BCUT2D eigenvalue weighted by Gasteiger charge is -1.98. The Hall–Kier alpha value is -1.08. The third kappa shape index (κ3) is 1.69. The number of rotatable bonds is 2. The number of allylic oxidation sites excluding steroid dienone is 1. The maximum atomic E-state index is 10.2. The van der Waals surface area contributed by atoms with Gasteiger partial charge in [0.25, 0.3) is 0 Å². The van der Waals surface area contributed by atoms with Crippen LogP contribution < -0.4 is 0 Å². The minimum atomic E-state index is 0.288. The summed E-state index contributed by atoms with van der Waals surface area (Å²) in [4.78, 5) is 10.2. The van der Waals surface area contributed by atoms with Gasteiger partial charge in [-0.1, -0.05) is 36.4 Å². The normalized spacial score (nSPS) is 9.18. The zero-order valence-electron chi connectivity index (χ0n) is 5.80. The lowest BCUT2D eigenvalue weighted by molar-refractivity contribution is 0.565. The summed E-state index contributed by atoms with van der Waals surface area (Å²) in [5, 5.41) is 0.529. The van der Waals surface area contributed by atoms with Crippen molar-refractivity contribution in [2.24, 2.45) is 0 Å². The van der Waals surface area contributed by atoms with Gasteiger partial charge in [-0.05, 0) is 6.07 Å². The van der Waals surface area contributed by atoms with Crippen molar-refractivity contribution in [3.8, 4) is 0 Å². The standard InChI is InChI=1S/C9H6ClO/c1-7(6-11)8-4-2-3-5-9(8)10/h2-5H,1H2. The van der Waals surface area contributed by atoms with E-state index < -0.39 is 0 Å². The van der Waals surface area contributed by atoms with E-state index in [2.05, 4.69) is 6.58 Å². The van der Waals surface area contributed by atoms with Crippen LogP contribution in [0.1, 0.15) is 5.56 Å². The second-order valence-corrected chi connectivity index (χ2v) is 2.47. The van der Waals surface area contributed by atoms with Crippen LogP contribution in [0.2, 0.25) is 5.02 Å². The molecule has 0 aromatic heterocycles. The quantitative estimate of drug-likeness (QED) is 0.616. The van der Waals surface area contributed by atoms with Gasteiger partial charge in [-0.15, -0.1) is 0 Å². The Labute approximate surface area is 70.3 Å². The minimum absolute atomic E-state index is 0.288. The molecule has 0 spiro atoms. The Balaban J connectivity index is 3.13. The summed E-state index contributed by atoms with van der Waals surface area (Å²) >= 11 is 5.76. The van der Waals surface area contributed by atoms with Crippen molar-refractivity contribution in [2.75, 3.05) is 0 Å². The lowest BCUT2D eigenvalue weighted by Crippen LogP contribution is -1.83. The first-order valence-electron chi connectivity index (χ1n) is 3.07. The van der Waals surface area contributed by atoms with Crippen LogP contribution in [0.3, 0.4) is 0 Å². The second kappa shape index (κ2) is 3.35. The fraction of sp³-hybridized carbons (Fsp3) is 0. The summed E-state index contributed by atoms with van der Waals surface area (Å²) < 4.78 is 0. The molecule has 0 saturated heterocycles. The van der Waals surface area contributed by atoms with E-state index >= 15 is 0 Å². The topological polar surface area (TPSA) is 17.1 Å². The van der Waals surface area contributed by atoms with Gasteiger partial charge in [0.2, 0.25) is 6.29 Å².